The standard InChI is InChI=1S/C20H22/c1-4-5-6-7-16-17-10-8-14(2)12-19(17)20-13-15(3)9-11-18(16)20/h4,8-13,16H,1,5-7H2,2-3H3. The van der Waals surface area contributed by atoms with Crippen molar-refractivity contribution < 1.29 is 0 Å². The lowest BCUT2D eigenvalue weighted by Gasteiger charge is -2.13. The Morgan fingerprint density at radius 3 is 2.00 bits per heavy atom. The van der Waals surface area contributed by atoms with Gasteiger partial charge in [0.1, 0.15) is 0 Å². The summed E-state index contributed by atoms with van der Waals surface area (Å²) in [6, 6.07) is 13.9. The lowest BCUT2D eigenvalue weighted by Crippen LogP contribution is -1.96. The largest absolute Gasteiger partial charge is 0.103 e. The second kappa shape index (κ2) is 5.28. The first-order valence-electron chi connectivity index (χ1n) is 7.53. The second-order valence-electron chi connectivity index (χ2n) is 5.95. The van der Waals surface area contributed by atoms with Gasteiger partial charge in [0.2, 0.25) is 0 Å². The van der Waals surface area contributed by atoms with Crippen LogP contribution in [-0.4, -0.2) is 0 Å². The van der Waals surface area contributed by atoms with Gasteiger partial charge >= 0.3 is 0 Å². The molecule has 0 atom stereocenters. The van der Waals surface area contributed by atoms with Crippen LogP contribution in [0.15, 0.2) is 49.1 Å². The van der Waals surface area contributed by atoms with Crippen molar-refractivity contribution in [3.63, 3.8) is 0 Å². The van der Waals surface area contributed by atoms with Crippen LogP contribution < -0.4 is 0 Å². The Balaban J connectivity index is 2.07. The summed E-state index contributed by atoms with van der Waals surface area (Å²) < 4.78 is 0. The van der Waals surface area contributed by atoms with E-state index in [1.807, 2.05) is 6.08 Å². The number of fused-ring (bicyclic) bond motifs is 3. The van der Waals surface area contributed by atoms with E-state index in [2.05, 4.69) is 56.8 Å². The van der Waals surface area contributed by atoms with E-state index in [1.165, 1.54) is 46.2 Å². The number of allylic oxidation sites excluding steroid dienone is 1. The van der Waals surface area contributed by atoms with Crippen LogP contribution >= 0.6 is 0 Å². The molecule has 0 spiro atoms. The molecule has 3 rings (SSSR count). The minimum absolute atomic E-state index is 0.571. The van der Waals surface area contributed by atoms with Crippen molar-refractivity contribution in [2.24, 2.45) is 0 Å². The molecule has 0 fully saturated rings. The van der Waals surface area contributed by atoms with Crippen LogP contribution in [0.1, 0.15) is 47.4 Å². The Kier molecular flexibility index (Phi) is 3.48. The lowest BCUT2D eigenvalue weighted by molar-refractivity contribution is 0.680. The molecule has 0 bridgehead atoms. The molecule has 0 heteroatoms. The van der Waals surface area contributed by atoms with Crippen LogP contribution in [0, 0.1) is 13.8 Å². The van der Waals surface area contributed by atoms with E-state index in [-0.39, 0.29) is 0 Å². The third-order valence-electron chi connectivity index (χ3n) is 4.36. The van der Waals surface area contributed by atoms with E-state index >= 15 is 0 Å². The van der Waals surface area contributed by atoms with Crippen LogP contribution in [0.25, 0.3) is 11.1 Å². The molecule has 0 aliphatic heterocycles. The Labute approximate surface area is 122 Å². The van der Waals surface area contributed by atoms with Crippen molar-refractivity contribution in [3.05, 3.63) is 71.3 Å². The van der Waals surface area contributed by atoms with Crippen molar-refractivity contribution in [1.82, 2.24) is 0 Å². The van der Waals surface area contributed by atoms with Gasteiger partial charge < -0.3 is 0 Å². The molecule has 0 saturated heterocycles. The fraction of sp³-hybridized carbons (Fsp3) is 0.300. The summed E-state index contributed by atoms with van der Waals surface area (Å²) in [5.41, 5.74) is 8.63. The topological polar surface area (TPSA) is 0 Å². The summed E-state index contributed by atoms with van der Waals surface area (Å²) in [7, 11) is 0. The molecular weight excluding hydrogens is 240 g/mol. The summed E-state index contributed by atoms with van der Waals surface area (Å²) in [5, 5.41) is 0. The van der Waals surface area contributed by atoms with Gasteiger partial charge in [0.05, 0.1) is 0 Å². The number of hydrogen-bond donors (Lipinski definition) is 0. The maximum atomic E-state index is 3.84. The van der Waals surface area contributed by atoms with Crippen molar-refractivity contribution in [3.8, 4) is 11.1 Å². The van der Waals surface area contributed by atoms with Gasteiger partial charge in [-0.25, -0.2) is 0 Å². The van der Waals surface area contributed by atoms with E-state index in [0.717, 1.165) is 6.42 Å². The van der Waals surface area contributed by atoms with Gasteiger partial charge in [-0.05, 0) is 55.4 Å². The quantitative estimate of drug-likeness (QED) is 0.484. The lowest BCUT2D eigenvalue weighted by atomic mass is 9.91. The van der Waals surface area contributed by atoms with E-state index in [0.29, 0.717) is 5.92 Å². The zero-order valence-corrected chi connectivity index (χ0v) is 12.4. The van der Waals surface area contributed by atoms with Crippen LogP contribution in [0.4, 0.5) is 0 Å². The smallest absolute Gasteiger partial charge is 0.0102 e. The first-order chi connectivity index (χ1) is 9.70. The zero-order valence-electron chi connectivity index (χ0n) is 12.4. The Bertz CT molecular complexity index is 598. The third-order valence-corrected chi connectivity index (χ3v) is 4.36. The fourth-order valence-corrected chi connectivity index (χ4v) is 3.36. The molecule has 102 valence electrons. The van der Waals surface area contributed by atoms with Gasteiger partial charge in [-0.1, -0.05) is 53.6 Å². The third kappa shape index (κ3) is 2.20. The van der Waals surface area contributed by atoms with E-state index in [1.54, 1.807) is 0 Å². The van der Waals surface area contributed by atoms with Crippen molar-refractivity contribution in [1.29, 1.82) is 0 Å². The van der Waals surface area contributed by atoms with Gasteiger partial charge in [0.15, 0.2) is 0 Å². The normalized spacial score (nSPS) is 13.1. The number of rotatable bonds is 4. The van der Waals surface area contributed by atoms with Gasteiger partial charge in [0, 0.05) is 5.92 Å². The monoisotopic (exact) mass is 262 g/mol. The molecule has 0 radical (unpaired) electrons. The minimum Gasteiger partial charge on any atom is -0.103 e. The SMILES string of the molecule is C=CCCCC1c2ccc(C)cc2-c2cc(C)ccc21. The van der Waals surface area contributed by atoms with Gasteiger partial charge in [0.25, 0.3) is 0 Å². The first kappa shape index (κ1) is 13.2. The average Bonchev–Trinajstić information content (AvgIpc) is 2.72. The molecule has 0 aromatic heterocycles. The highest BCUT2D eigenvalue weighted by molar-refractivity contribution is 5.79. The van der Waals surface area contributed by atoms with Crippen molar-refractivity contribution >= 4 is 0 Å². The Morgan fingerprint density at radius 2 is 1.50 bits per heavy atom. The minimum atomic E-state index is 0.571. The predicted molar refractivity (Wildman–Crippen MR) is 87.2 cm³/mol. The molecule has 1 aliphatic rings. The Hall–Kier alpha value is -1.82. The number of aryl methyl sites for hydroxylation is 2. The summed E-state index contributed by atoms with van der Waals surface area (Å²) in [6.07, 6.45) is 5.58. The zero-order chi connectivity index (χ0) is 14.1. The maximum absolute atomic E-state index is 3.84. The number of benzene rings is 2. The van der Waals surface area contributed by atoms with Gasteiger partial charge in [-0.2, -0.15) is 0 Å². The number of hydrogen-bond acceptors (Lipinski definition) is 0. The molecule has 2 aromatic carbocycles. The highest BCUT2D eigenvalue weighted by Crippen LogP contribution is 2.47. The van der Waals surface area contributed by atoms with Crippen LogP contribution in [0.5, 0.6) is 0 Å². The van der Waals surface area contributed by atoms with Crippen molar-refractivity contribution in [2.75, 3.05) is 0 Å². The Morgan fingerprint density at radius 1 is 0.950 bits per heavy atom. The molecule has 2 aromatic rings. The molecule has 1 aliphatic carbocycles. The molecule has 0 amide bonds. The highest BCUT2D eigenvalue weighted by Gasteiger charge is 2.27. The summed E-state index contributed by atoms with van der Waals surface area (Å²) in [5.74, 6) is 0.571. The van der Waals surface area contributed by atoms with E-state index in [9.17, 15) is 0 Å². The number of unbranched alkanes of at least 4 members (excludes halogenated alkanes) is 1. The first-order valence-corrected chi connectivity index (χ1v) is 7.53. The molecule has 0 N–H and O–H groups in total. The van der Waals surface area contributed by atoms with Gasteiger partial charge in [-0.15, -0.1) is 6.58 Å². The van der Waals surface area contributed by atoms with E-state index < -0.39 is 0 Å². The summed E-state index contributed by atoms with van der Waals surface area (Å²) in [4.78, 5) is 0. The fourth-order valence-electron chi connectivity index (χ4n) is 3.36. The predicted octanol–water partition coefficient (Wildman–Crippen LogP) is 5.77. The maximum Gasteiger partial charge on any atom is 0.0102 e. The second-order valence-corrected chi connectivity index (χ2v) is 5.95. The van der Waals surface area contributed by atoms with Gasteiger partial charge in [-0.3, -0.25) is 0 Å². The summed E-state index contributed by atoms with van der Waals surface area (Å²) in [6.45, 7) is 8.20. The van der Waals surface area contributed by atoms with E-state index in [4.69, 9.17) is 0 Å². The molecule has 0 unspecified atom stereocenters. The molecule has 20 heavy (non-hydrogen) atoms. The van der Waals surface area contributed by atoms with Crippen LogP contribution in [-0.2, 0) is 0 Å². The molecule has 0 heterocycles. The molecule has 0 nitrogen and oxygen atoms in total. The molecule has 0 saturated carbocycles. The summed E-state index contributed by atoms with van der Waals surface area (Å²) >= 11 is 0. The highest BCUT2D eigenvalue weighted by atomic mass is 14.3. The average molecular weight is 262 g/mol. The van der Waals surface area contributed by atoms with Crippen molar-refractivity contribution in [2.45, 2.75) is 39.0 Å². The van der Waals surface area contributed by atoms with Crippen LogP contribution in [0.2, 0.25) is 0 Å². The molecular formula is C20H22. The van der Waals surface area contributed by atoms with Crippen LogP contribution in [0.3, 0.4) is 0 Å².